The fourth-order valence-electron chi connectivity index (χ4n) is 0.680. The van der Waals surface area contributed by atoms with Crippen molar-refractivity contribution in [2.24, 2.45) is 0 Å². The number of alkyl halides is 1. The molecule has 2 aliphatic rings. The summed E-state index contributed by atoms with van der Waals surface area (Å²) in [6.07, 6.45) is 20.0. The standard InChI is InChI=1S/2C5H5.CH3I.Zr/c2*1-2-4-5-3-1;1-2;/h2*1-3H,4H2;1H3;/q2*-1;;+2. The number of allylic oxidation sites excluding steroid dienone is 8. The minimum Gasteiger partial charge on any atom is -0.273 e. The molecule has 0 aliphatic heterocycles. The van der Waals surface area contributed by atoms with Gasteiger partial charge in [-0.25, -0.2) is 24.3 Å². The van der Waals surface area contributed by atoms with Gasteiger partial charge in [-0.3, -0.25) is 12.2 Å². The summed E-state index contributed by atoms with van der Waals surface area (Å²) < 4.78 is 0. The number of rotatable bonds is 0. The maximum Gasteiger partial charge on any atom is 2.00 e. The molecule has 0 aromatic rings. The van der Waals surface area contributed by atoms with Crippen molar-refractivity contribution in [2.45, 2.75) is 12.8 Å². The first-order valence-corrected chi connectivity index (χ1v) is 5.97. The van der Waals surface area contributed by atoms with E-state index in [2.05, 4.69) is 46.9 Å². The van der Waals surface area contributed by atoms with E-state index >= 15 is 0 Å². The Morgan fingerprint density at radius 3 is 1.38 bits per heavy atom. The van der Waals surface area contributed by atoms with Gasteiger partial charge in [-0.1, -0.05) is 22.6 Å². The van der Waals surface area contributed by atoms with Crippen molar-refractivity contribution in [2.75, 3.05) is 4.93 Å². The van der Waals surface area contributed by atoms with Gasteiger partial charge in [0.05, 0.1) is 0 Å². The second kappa shape index (κ2) is 15.1. The van der Waals surface area contributed by atoms with Crippen LogP contribution in [0.4, 0.5) is 0 Å². The molecule has 2 rings (SSSR count). The van der Waals surface area contributed by atoms with E-state index in [1.165, 1.54) is 0 Å². The van der Waals surface area contributed by atoms with E-state index in [-0.39, 0.29) is 26.2 Å². The van der Waals surface area contributed by atoms with Crippen molar-refractivity contribution in [3.63, 3.8) is 0 Å². The third kappa shape index (κ3) is 12.6. The zero-order chi connectivity index (χ0) is 9.07. The minimum atomic E-state index is 0. The van der Waals surface area contributed by atoms with Crippen LogP contribution in [0.1, 0.15) is 12.8 Å². The van der Waals surface area contributed by atoms with Crippen LogP contribution in [-0.2, 0) is 26.2 Å². The Labute approximate surface area is 114 Å². The molecule has 0 unspecified atom stereocenters. The molecule has 0 amide bonds. The summed E-state index contributed by atoms with van der Waals surface area (Å²) in [6, 6.07) is 0. The zero-order valence-electron chi connectivity index (χ0n) is 7.76. The third-order valence-corrected chi connectivity index (χ3v) is 1.17. The predicted molar refractivity (Wildman–Crippen MR) is 63.1 cm³/mol. The van der Waals surface area contributed by atoms with Crippen LogP contribution in [0.15, 0.2) is 36.5 Å². The molecule has 0 heterocycles. The zero-order valence-corrected chi connectivity index (χ0v) is 12.4. The minimum absolute atomic E-state index is 0. The molecule has 0 atom stereocenters. The van der Waals surface area contributed by atoms with Gasteiger partial charge in [-0.05, 0) is 4.93 Å². The fourth-order valence-corrected chi connectivity index (χ4v) is 0.680. The summed E-state index contributed by atoms with van der Waals surface area (Å²) in [5, 5.41) is 0. The molecule has 0 bridgehead atoms. The number of hydrogen-bond donors (Lipinski definition) is 0. The Morgan fingerprint density at radius 1 is 0.923 bits per heavy atom. The van der Waals surface area contributed by atoms with Crippen LogP contribution in [0.2, 0.25) is 0 Å². The molecule has 0 aromatic carbocycles. The van der Waals surface area contributed by atoms with Crippen molar-refractivity contribution in [3.8, 4) is 0 Å². The number of hydrogen-bond acceptors (Lipinski definition) is 0. The molecule has 68 valence electrons. The topological polar surface area (TPSA) is 0 Å². The Bertz CT molecular complexity index is 148. The first-order valence-electron chi connectivity index (χ1n) is 3.81. The molecular weight excluding hydrogens is 350 g/mol. The maximum atomic E-state index is 2.99. The normalized spacial score (nSPS) is 14.0. The van der Waals surface area contributed by atoms with Gasteiger partial charge in [0.15, 0.2) is 0 Å². The number of halogens is 1. The molecule has 0 spiro atoms. The van der Waals surface area contributed by atoms with Gasteiger partial charge in [0.25, 0.3) is 0 Å². The summed E-state index contributed by atoms with van der Waals surface area (Å²) in [7, 11) is 0. The largest absolute Gasteiger partial charge is 2.00 e. The van der Waals surface area contributed by atoms with Crippen molar-refractivity contribution in [1.29, 1.82) is 0 Å². The van der Waals surface area contributed by atoms with Crippen molar-refractivity contribution in [1.82, 2.24) is 0 Å². The van der Waals surface area contributed by atoms with Crippen molar-refractivity contribution in [3.05, 3.63) is 48.6 Å². The molecule has 0 N–H and O–H groups in total. The molecule has 0 fully saturated rings. The van der Waals surface area contributed by atoms with E-state index in [1.54, 1.807) is 0 Å². The van der Waals surface area contributed by atoms with Gasteiger partial charge < -0.3 is 0 Å². The van der Waals surface area contributed by atoms with Crippen LogP contribution in [0, 0.1) is 12.2 Å². The van der Waals surface area contributed by atoms with Gasteiger partial charge in [-0.2, -0.15) is 12.2 Å². The Morgan fingerprint density at radius 2 is 1.31 bits per heavy atom. The van der Waals surface area contributed by atoms with Gasteiger partial charge in [-0.15, -0.1) is 12.8 Å². The summed E-state index contributed by atoms with van der Waals surface area (Å²) in [6.45, 7) is 0. The molecule has 13 heavy (non-hydrogen) atoms. The van der Waals surface area contributed by atoms with Crippen molar-refractivity contribution >= 4 is 22.6 Å². The monoisotopic (exact) mass is 362 g/mol. The molecule has 2 heteroatoms. The Hall–Kier alpha value is 0.573. The van der Waals surface area contributed by atoms with E-state index in [4.69, 9.17) is 0 Å². The van der Waals surface area contributed by atoms with Crippen LogP contribution in [0.3, 0.4) is 0 Å². The Kier molecular flexibility index (Phi) is 18.6. The average Bonchev–Trinajstić information content (AvgIpc) is 2.87. The summed E-state index contributed by atoms with van der Waals surface area (Å²) >= 11 is 2.15. The fraction of sp³-hybridized carbons (Fsp3) is 0.273. The molecular formula is C11H13IZr. The third-order valence-electron chi connectivity index (χ3n) is 1.17. The van der Waals surface area contributed by atoms with E-state index in [1.807, 2.05) is 29.2 Å². The van der Waals surface area contributed by atoms with Crippen LogP contribution >= 0.6 is 22.6 Å². The van der Waals surface area contributed by atoms with Crippen LogP contribution in [0.5, 0.6) is 0 Å². The maximum absolute atomic E-state index is 2.99. The summed E-state index contributed by atoms with van der Waals surface area (Å²) in [5.41, 5.74) is 0. The van der Waals surface area contributed by atoms with Gasteiger partial charge in [0.1, 0.15) is 0 Å². The Balaban J connectivity index is 0. The van der Waals surface area contributed by atoms with E-state index < -0.39 is 0 Å². The van der Waals surface area contributed by atoms with Gasteiger partial charge in [0, 0.05) is 0 Å². The van der Waals surface area contributed by atoms with E-state index in [0.29, 0.717) is 0 Å². The average molecular weight is 363 g/mol. The van der Waals surface area contributed by atoms with Crippen LogP contribution in [0.25, 0.3) is 0 Å². The SMILES string of the molecule is CI.[C-]1=CC=CC1.[C-]1=CC=CC1.[Zr+2]. The smallest absolute Gasteiger partial charge is 0.273 e. The molecule has 0 saturated heterocycles. The quantitative estimate of drug-likeness (QED) is 0.350. The molecule has 0 nitrogen and oxygen atoms in total. The van der Waals surface area contributed by atoms with E-state index in [9.17, 15) is 0 Å². The van der Waals surface area contributed by atoms with Gasteiger partial charge >= 0.3 is 26.2 Å². The molecule has 0 aromatic heterocycles. The van der Waals surface area contributed by atoms with Crippen LogP contribution < -0.4 is 0 Å². The molecule has 0 saturated carbocycles. The molecule has 0 radical (unpaired) electrons. The predicted octanol–water partition coefficient (Wildman–Crippen LogP) is 3.66. The summed E-state index contributed by atoms with van der Waals surface area (Å²) in [5.74, 6) is 0. The van der Waals surface area contributed by atoms with Crippen LogP contribution in [-0.4, -0.2) is 4.93 Å². The second-order valence-corrected chi connectivity index (χ2v) is 2.01. The van der Waals surface area contributed by atoms with E-state index in [0.717, 1.165) is 12.8 Å². The first kappa shape index (κ1) is 16.0. The molecule has 2 aliphatic carbocycles. The summed E-state index contributed by atoms with van der Waals surface area (Å²) in [4.78, 5) is 1.97. The van der Waals surface area contributed by atoms with Gasteiger partial charge in [0.2, 0.25) is 0 Å². The second-order valence-electron chi connectivity index (χ2n) is 2.01. The van der Waals surface area contributed by atoms with Crippen molar-refractivity contribution < 1.29 is 26.2 Å². The first-order chi connectivity index (χ1) is 6.00.